The van der Waals surface area contributed by atoms with E-state index in [0.717, 1.165) is 16.8 Å². The summed E-state index contributed by atoms with van der Waals surface area (Å²) in [5, 5.41) is 3.18. The Balaban J connectivity index is 1.91. The molecular formula is C20H23N5O2. The molecule has 2 aromatic rings. The van der Waals surface area contributed by atoms with Crippen LogP contribution in [0.3, 0.4) is 0 Å². The molecule has 0 saturated carbocycles. The van der Waals surface area contributed by atoms with Crippen LogP contribution in [0.1, 0.15) is 25.0 Å². The molecular weight excluding hydrogens is 342 g/mol. The van der Waals surface area contributed by atoms with Gasteiger partial charge in [0.25, 0.3) is 0 Å². The van der Waals surface area contributed by atoms with Crippen LogP contribution in [0.5, 0.6) is 0 Å². The second-order valence-corrected chi connectivity index (χ2v) is 6.21. The Morgan fingerprint density at radius 1 is 1.30 bits per heavy atom. The summed E-state index contributed by atoms with van der Waals surface area (Å²) in [5.74, 6) is 0.964. The number of benzene rings is 1. The first-order valence-corrected chi connectivity index (χ1v) is 8.99. The molecule has 2 amide bonds. The van der Waals surface area contributed by atoms with E-state index >= 15 is 0 Å². The second-order valence-electron chi connectivity index (χ2n) is 6.21. The topological polar surface area (TPSA) is 78.4 Å². The van der Waals surface area contributed by atoms with E-state index in [1.807, 2.05) is 38.1 Å². The molecule has 7 nitrogen and oxygen atoms in total. The predicted octanol–water partition coefficient (Wildman–Crippen LogP) is 3.30. The first-order valence-electron chi connectivity index (χ1n) is 8.99. The number of aromatic nitrogens is 2. The molecule has 1 N–H and O–H groups in total. The van der Waals surface area contributed by atoms with Gasteiger partial charge in [0.1, 0.15) is 5.82 Å². The summed E-state index contributed by atoms with van der Waals surface area (Å²) in [6.45, 7) is 9.07. The number of rotatable bonds is 7. The lowest BCUT2D eigenvalue weighted by atomic mass is 10.1. The number of fused-ring (bicyclic) bond motifs is 1. The Morgan fingerprint density at radius 2 is 2.07 bits per heavy atom. The lowest BCUT2D eigenvalue weighted by molar-refractivity contribution is -0.114. The molecule has 0 bridgehead atoms. The summed E-state index contributed by atoms with van der Waals surface area (Å²) in [6, 6.07) is 7.46. The van der Waals surface area contributed by atoms with E-state index in [9.17, 15) is 9.59 Å². The van der Waals surface area contributed by atoms with Crippen LogP contribution in [-0.4, -0.2) is 39.8 Å². The first kappa shape index (κ1) is 18.6. The number of carbonyl (C=O) groups is 2. The van der Waals surface area contributed by atoms with E-state index in [-0.39, 0.29) is 18.2 Å². The SMILES string of the molecule is C=CC(=O)Cc1ccccc1Nc1ncc2c(n1)N(CC)C(=O)N(CC)C2. The van der Waals surface area contributed by atoms with Gasteiger partial charge in [-0.3, -0.25) is 9.69 Å². The van der Waals surface area contributed by atoms with Crippen molar-refractivity contribution in [2.75, 3.05) is 23.3 Å². The lowest BCUT2D eigenvalue weighted by Crippen LogP contribution is -2.47. The zero-order valence-electron chi connectivity index (χ0n) is 15.6. The number of nitrogens with zero attached hydrogens (tertiary/aromatic N) is 4. The fraction of sp³-hybridized carbons (Fsp3) is 0.300. The maximum absolute atomic E-state index is 12.6. The van der Waals surface area contributed by atoms with Crippen LogP contribution < -0.4 is 10.2 Å². The smallest absolute Gasteiger partial charge is 0.324 e. The standard InChI is InChI=1S/C20H23N5O2/c1-4-16(26)11-14-9-7-8-10-17(14)22-19-21-12-15-13-24(5-2)20(27)25(6-3)18(15)23-19/h4,7-10,12H,1,5-6,11,13H2,2-3H3,(H,21,22,23). The monoisotopic (exact) mass is 365 g/mol. The first-order chi connectivity index (χ1) is 13.1. The summed E-state index contributed by atoms with van der Waals surface area (Å²) in [7, 11) is 0. The Bertz CT molecular complexity index is 880. The van der Waals surface area contributed by atoms with Crippen molar-refractivity contribution in [2.45, 2.75) is 26.8 Å². The molecule has 2 heterocycles. The number of allylic oxidation sites excluding steroid dienone is 1. The largest absolute Gasteiger partial charge is 0.325 e. The van der Waals surface area contributed by atoms with Crippen LogP contribution in [0.2, 0.25) is 0 Å². The minimum Gasteiger partial charge on any atom is -0.324 e. The highest BCUT2D eigenvalue weighted by atomic mass is 16.2. The van der Waals surface area contributed by atoms with Gasteiger partial charge in [-0.1, -0.05) is 24.8 Å². The zero-order chi connectivity index (χ0) is 19.4. The average molecular weight is 365 g/mol. The van der Waals surface area contributed by atoms with Crippen molar-refractivity contribution < 1.29 is 9.59 Å². The van der Waals surface area contributed by atoms with Gasteiger partial charge in [0.05, 0.1) is 6.54 Å². The molecule has 1 aromatic heterocycles. The van der Waals surface area contributed by atoms with E-state index in [0.29, 0.717) is 31.4 Å². The number of urea groups is 1. The van der Waals surface area contributed by atoms with E-state index in [1.165, 1.54) is 6.08 Å². The van der Waals surface area contributed by atoms with E-state index in [2.05, 4.69) is 21.9 Å². The third-order valence-corrected chi connectivity index (χ3v) is 4.51. The van der Waals surface area contributed by atoms with Crippen molar-refractivity contribution in [3.05, 3.63) is 54.2 Å². The summed E-state index contributed by atoms with van der Waals surface area (Å²) in [5.41, 5.74) is 2.51. The second kappa shape index (κ2) is 7.99. The van der Waals surface area contributed by atoms with Crippen LogP contribution in [0.4, 0.5) is 22.2 Å². The molecule has 0 spiro atoms. The zero-order valence-corrected chi connectivity index (χ0v) is 15.6. The van der Waals surface area contributed by atoms with E-state index in [4.69, 9.17) is 0 Å². The highest BCUT2D eigenvalue weighted by Gasteiger charge is 2.30. The Labute approximate surface area is 158 Å². The number of ketones is 1. The van der Waals surface area contributed by atoms with Crippen LogP contribution in [0.25, 0.3) is 0 Å². The summed E-state index contributed by atoms with van der Waals surface area (Å²) < 4.78 is 0. The number of anilines is 3. The van der Waals surface area contributed by atoms with Crippen molar-refractivity contribution in [1.29, 1.82) is 0 Å². The Morgan fingerprint density at radius 3 is 2.78 bits per heavy atom. The third-order valence-electron chi connectivity index (χ3n) is 4.51. The predicted molar refractivity (Wildman–Crippen MR) is 105 cm³/mol. The van der Waals surface area contributed by atoms with Crippen LogP contribution in [0, 0.1) is 0 Å². The van der Waals surface area contributed by atoms with Gasteiger partial charge < -0.3 is 10.2 Å². The Kier molecular flexibility index (Phi) is 5.49. The summed E-state index contributed by atoms with van der Waals surface area (Å²) >= 11 is 0. The number of amides is 2. The number of hydrogen-bond donors (Lipinski definition) is 1. The molecule has 7 heteroatoms. The number of carbonyl (C=O) groups excluding carboxylic acids is 2. The maximum atomic E-state index is 12.6. The number of hydrogen-bond acceptors (Lipinski definition) is 5. The molecule has 0 radical (unpaired) electrons. The van der Waals surface area contributed by atoms with Crippen LogP contribution in [-0.2, 0) is 17.8 Å². The minimum absolute atomic E-state index is 0.0471. The fourth-order valence-electron chi connectivity index (χ4n) is 3.05. The van der Waals surface area contributed by atoms with Crippen molar-refractivity contribution in [1.82, 2.24) is 14.9 Å². The van der Waals surface area contributed by atoms with E-state index < -0.39 is 0 Å². The van der Waals surface area contributed by atoms with Gasteiger partial charge in [-0.2, -0.15) is 4.98 Å². The molecule has 1 aromatic carbocycles. The van der Waals surface area contributed by atoms with Gasteiger partial charge in [-0.05, 0) is 31.6 Å². The molecule has 0 atom stereocenters. The van der Waals surface area contributed by atoms with Crippen molar-refractivity contribution in [3.8, 4) is 0 Å². The molecule has 27 heavy (non-hydrogen) atoms. The average Bonchev–Trinajstić information content (AvgIpc) is 2.69. The fourth-order valence-corrected chi connectivity index (χ4v) is 3.05. The van der Waals surface area contributed by atoms with Crippen LogP contribution in [0.15, 0.2) is 43.1 Å². The van der Waals surface area contributed by atoms with Crippen molar-refractivity contribution in [3.63, 3.8) is 0 Å². The summed E-state index contributed by atoms with van der Waals surface area (Å²) in [6.07, 6.45) is 3.32. The Hall–Kier alpha value is -3.22. The van der Waals surface area contributed by atoms with Gasteiger partial charge in [0.15, 0.2) is 5.78 Å². The van der Waals surface area contributed by atoms with E-state index in [1.54, 1.807) is 16.0 Å². The molecule has 3 rings (SSSR count). The summed E-state index contributed by atoms with van der Waals surface area (Å²) in [4.78, 5) is 36.7. The molecule has 0 fully saturated rings. The molecule has 0 unspecified atom stereocenters. The van der Waals surface area contributed by atoms with Gasteiger partial charge >= 0.3 is 6.03 Å². The molecule has 1 aliphatic rings. The van der Waals surface area contributed by atoms with Crippen molar-refractivity contribution >= 4 is 29.3 Å². The molecule has 140 valence electrons. The number of nitrogens with one attached hydrogen (secondary N) is 1. The van der Waals surface area contributed by atoms with Gasteiger partial charge in [0, 0.05) is 37.0 Å². The van der Waals surface area contributed by atoms with Gasteiger partial charge in [0.2, 0.25) is 5.95 Å². The molecule has 0 aliphatic carbocycles. The minimum atomic E-state index is -0.0574. The quantitative estimate of drug-likeness (QED) is 0.762. The third kappa shape index (κ3) is 3.81. The maximum Gasteiger partial charge on any atom is 0.325 e. The highest BCUT2D eigenvalue weighted by Crippen LogP contribution is 2.28. The normalized spacial score (nSPS) is 13.3. The van der Waals surface area contributed by atoms with Gasteiger partial charge in [-0.25, -0.2) is 9.78 Å². The van der Waals surface area contributed by atoms with Crippen LogP contribution >= 0.6 is 0 Å². The highest BCUT2D eigenvalue weighted by molar-refractivity contribution is 5.94. The molecule has 1 aliphatic heterocycles. The lowest BCUT2D eigenvalue weighted by Gasteiger charge is -2.34. The molecule has 0 saturated heterocycles. The number of para-hydroxylation sites is 1. The van der Waals surface area contributed by atoms with Crippen molar-refractivity contribution in [2.24, 2.45) is 0 Å². The van der Waals surface area contributed by atoms with Gasteiger partial charge in [-0.15, -0.1) is 0 Å².